The number of rotatable bonds is 5. The molecule has 3 atom stereocenters. The summed E-state index contributed by atoms with van der Waals surface area (Å²) in [4.78, 5) is 2.11. The minimum Gasteiger partial charge on any atom is -0.378 e. The largest absolute Gasteiger partial charge is 0.378 e. The molecule has 0 aromatic carbocycles. The Morgan fingerprint density at radius 3 is 1.78 bits per heavy atom. The van der Waals surface area contributed by atoms with Gasteiger partial charge in [0.05, 0.1) is 0 Å². The fourth-order valence-corrected chi connectivity index (χ4v) is 3.70. The predicted molar refractivity (Wildman–Crippen MR) is 74.9 cm³/mol. The Balaban J connectivity index is 2.93. The second kappa shape index (κ2) is 5.10. The molecule has 1 heterocycles. The van der Waals surface area contributed by atoms with Gasteiger partial charge in [-0.1, -0.05) is 34.1 Å². The summed E-state index contributed by atoms with van der Waals surface area (Å²) in [6.45, 7) is 16.9. The van der Waals surface area contributed by atoms with E-state index >= 15 is 0 Å². The highest BCUT2D eigenvalue weighted by Gasteiger charge is 2.56. The molecular formula is C15H31NO2. The molecule has 0 amide bonds. The van der Waals surface area contributed by atoms with Crippen LogP contribution < -0.4 is 0 Å². The van der Waals surface area contributed by atoms with E-state index in [-0.39, 0.29) is 17.4 Å². The van der Waals surface area contributed by atoms with E-state index in [4.69, 9.17) is 4.74 Å². The van der Waals surface area contributed by atoms with Crippen LogP contribution in [-0.2, 0) is 4.74 Å². The van der Waals surface area contributed by atoms with E-state index in [1.807, 2.05) is 27.7 Å². The van der Waals surface area contributed by atoms with Crippen molar-refractivity contribution in [3.63, 3.8) is 0 Å². The fourth-order valence-electron chi connectivity index (χ4n) is 3.70. The molecule has 0 radical (unpaired) electrons. The average Bonchev–Trinajstić information content (AvgIpc) is 2.12. The van der Waals surface area contributed by atoms with Gasteiger partial charge >= 0.3 is 0 Å². The summed E-state index contributed by atoms with van der Waals surface area (Å²) in [5.74, 6) is 1.24. The molecule has 1 fully saturated rings. The maximum Gasteiger partial charge on any atom is 0.122 e. The first-order chi connectivity index (χ1) is 8.04. The minimum atomic E-state index is -0.446. The molecular weight excluding hydrogens is 226 g/mol. The van der Waals surface area contributed by atoms with Crippen LogP contribution in [0.25, 0.3) is 0 Å². The number of hydrogen-bond donors (Lipinski definition) is 1. The third-order valence-electron chi connectivity index (χ3n) is 4.34. The molecule has 108 valence electrons. The van der Waals surface area contributed by atoms with E-state index in [0.717, 1.165) is 6.42 Å². The first-order valence-corrected chi connectivity index (χ1v) is 7.22. The van der Waals surface area contributed by atoms with Crippen LogP contribution in [0.5, 0.6) is 0 Å². The van der Waals surface area contributed by atoms with Gasteiger partial charge < -0.3 is 9.84 Å². The lowest BCUT2D eigenvalue weighted by atomic mass is 9.79. The van der Waals surface area contributed by atoms with Gasteiger partial charge in [0.25, 0.3) is 0 Å². The quantitative estimate of drug-likeness (QED) is 0.819. The van der Waals surface area contributed by atoms with Gasteiger partial charge in [-0.15, -0.1) is 0 Å². The average molecular weight is 257 g/mol. The number of aliphatic hydroxyl groups is 1. The van der Waals surface area contributed by atoms with Gasteiger partial charge in [0, 0.05) is 5.92 Å². The highest BCUT2D eigenvalue weighted by molar-refractivity contribution is 4.96. The van der Waals surface area contributed by atoms with Crippen LogP contribution in [0.1, 0.15) is 61.8 Å². The van der Waals surface area contributed by atoms with Crippen LogP contribution in [0.15, 0.2) is 0 Å². The molecule has 1 rings (SSSR count). The molecule has 1 aliphatic rings. The van der Waals surface area contributed by atoms with Gasteiger partial charge in [-0.25, -0.2) is 4.90 Å². The van der Waals surface area contributed by atoms with Gasteiger partial charge in [-0.2, -0.15) is 0 Å². The molecule has 18 heavy (non-hydrogen) atoms. The minimum absolute atomic E-state index is 0.275. The maximum atomic E-state index is 10.8. The smallest absolute Gasteiger partial charge is 0.122 e. The van der Waals surface area contributed by atoms with Crippen molar-refractivity contribution in [2.75, 3.05) is 0 Å². The SMILES string of the molecule is CCC(C)C(C(C)C)C(O)N1C(C)(C)OC1(C)C. The van der Waals surface area contributed by atoms with Crippen LogP contribution in [-0.4, -0.2) is 27.7 Å². The van der Waals surface area contributed by atoms with Crippen LogP contribution in [0.2, 0.25) is 0 Å². The lowest BCUT2D eigenvalue weighted by Crippen LogP contribution is -2.75. The van der Waals surface area contributed by atoms with Crippen molar-refractivity contribution < 1.29 is 9.84 Å². The van der Waals surface area contributed by atoms with Crippen molar-refractivity contribution in [1.82, 2.24) is 4.90 Å². The summed E-state index contributed by atoms with van der Waals surface area (Å²) in [5.41, 5.74) is -0.743. The lowest BCUT2D eigenvalue weighted by Gasteiger charge is -2.63. The molecule has 0 saturated carbocycles. The Morgan fingerprint density at radius 1 is 1.06 bits per heavy atom. The Morgan fingerprint density at radius 2 is 1.50 bits per heavy atom. The Kier molecular flexibility index (Phi) is 4.52. The first-order valence-electron chi connectivity index (χ1n) is 7.22. The van der Waals surface area contributed by atoms with E-state index < -0.39 is 6.23 Å². The lowest BCUT2D eigenvalue weighted by molar-refractivity contribution is -0.428. The Hall–Kier alpha value is -0.120. The second-order valence-electron chi connectivity index (χ2n) is 6.99. The Bertz CT molecular complexity index is 272. The highest BCUT2D eigenvalue weighted by Crippen LogP contribution is 2.45. The topological polar surface area (TPSA) is 32.7 Å². The van der Waals surface area contributed by atoms with Gasteiger partial charge in [0.2, 0.25) is 0 Å². The summed E-state index contributed by atoms with van der Waals surface area (Å²) in [6, 6.07) is 0. The van der Waals surface area contributed by atoms with Crippen molar-refractivity contribution in [3.05, 3.63) is 0 Å². The van der Waals surface area contributed by atoms with E-state index in [1.165, 1.54) is 0 Å². The maximum absolute atomic E-state index is 10.8. The van der Waals surface area contributed by atoms with Crippen LogP contribution in [0.3, 0.4) is 0 Å². The summed E-state index contributed by atoms with van der Waals surface area (Å²) < 4.78 is 5.86. The summed E-state index contributed by atoms with van der Waals surface area (Å²) >= 11 is 0. The van der Waals surface area contributed by atoms with Gasteiger partial charge in [-0.05, 0) is 39.5 Å². The summed E-state index contributed by atoms with van der Waals surface area (Å²) in [7, 11) is 0. The third-order valence-corrected chi connectivity index (χ3v) is 4.34. The number of ether oxygens (including phenoxy) is 1. The third kappa shape index (κ3) is 2.73. The highest BCUT2D eigenvalue weighted by atomic mass is 16.6. The summed E-state index contributed by atoms with van der Waals surface area (Å²) in [5, 5.41) is 10.8. The molecule has 3 unspecified atom stereocenters. The van der Waals surface area contributed by atoms with Gasteiger partial charge in [-0.3, -0.25) is 0 Å². The van der Waals surface area contributed by atoms with Crippen molar-refractivity contribution in [3.8, 4) is 0 Å². The molecule has 3 heteroatoms. The Labute approximate surface area is 113 Å². The molecule has 1 aliphatic heterocycles. The molecule has 0 aromatic rings. The van der Waals surface area contributed by atoms with Crippen molar-refractivity contribution in [2.45, 2.75) is 79.5 Å². The molecule has 0 aromatic heterocycles. The number of hydrogen-bond acceptors (Lipinski definition) is 3. The molecule has 0 spiro atoms. The number of nitrogens with zero attached hydrogens (tertiary/aromatic N) is 1. The van der Waals surface area contributed by atoms with Crippen LogP contribution in [0, 0.1) is 17.8 Å². The van der Waals surface area contributed by atoms with Gasteiger partial charge in [0.15, 0.2) is 0 Å². The predicted octanol–water partition coefficient (Wildman–Crippen LogP) is 3.43. The normalized spacial score (nSPS) is 27.7. The molecule has 1 saturated heterocycles. The molecule has 3 nitrogen and oxygen atoms in total. The van der Waals surface area contributed by atoms with E-state index in [9.17, 15) is 5.11 Å². The summed E-state index contributed by atoms with van der Waals surface area (Å²) in [6.07, 6.45) is 0.647. The first kappa shape index (κ1) is 15.9. The van der Waals surface area contributed by atoms with E-state index in [1.54, 1.807) is 0 Å². The molecule has 0 aliphatic carbocycles. The van der Waals surface area contributed by atoms with E-state index in [2.05, 4.69) is 32.6 Å². The molecule has 0 bridgehead atoms. The van der Waals surface area contributed by atoms with Gasteiger partial charge in [0.1, 0.15) is 17.7 Å². The van der Waals surface area contributed by atoms with Crippen molar-refractivity contribution in [2.24, 2.45) is 17.8 Å². The standard InChI is InChI=1S/C15H31NO2/c1-9-11(4)12(10(2)3)13(17)16-14(5,6)18-15(16,7)8/h10-13,17H,9H2,1-8H3. The van der Waals surface area contributed by atoms with E-state index in [0.29, 0.717) is 11.8 Å². The molecule has 1 N–H and O–H groups in total. The van der Waals surface area contributed by atoms with Crippen molar-refractivity contribution in [1.29, 1.82) is 0 Å². The van der Waals surface area contributed by atoms with Crippen molar-refractivity contribution >= 4 is 0 Å². The monoisotopic (exact) mass is 257 g/mol. The van der Waals surface area contributed by atoms with Crippen LogP contribution >= 0.6 is 0 Å². The second-order valence-corrected chi connectivity index (χ2v) is 6.99. The zero-order valence-corrected chi connectivity index (χ0v) is 13.3. The van der Waals surface area contributed by atoms with Crippen LogP contribution in [0.4, 0.5) is 0 Å². The number of aliphatic hydroxyl groups excluding tert-OH is 1. The zero-order chi connectivity index (χ0) is 14.3. The zero-order valence-electron chi connectivity index (χ0n) is 13.3. The fraction of sp³-hybridized carbons (Fsp3) is 1.00.